The summed E-state index contributed by atoms with van der Waals surface area (Å²) in [6, 6.07) is 7.44. The summed E-state index contributed by atoms with van der Waals surface area (Å²) in [5.74, 6) is 5.94. The smallest absolute Gasteiger partial charge is 0.225 e. The van der Waals surface area contributed by atoms with E-state index in [9.17, 15) is 15.0 Å². The Labute approximate surface area is 169 Å². The van der Waals surface area contributed by atoms with Crippen molar-refractivity contribution in [3.63, 3.8) is 0 Å². The molecule has 0 bridgehead atoms. The van der Waals surface area contributed by atoms with Gasteiger partial charge in [0.05, 0.1) is 6.10 Å². The van der Waals surface area contributed by atoms with Crippen LogP contribution in [-0.2, 0) is 4.79 Å². The second-order valence-corrected chi connectivity index (χ2v) is 7.21. The van der Waals surface area contributed by atoms with Crippen LogP contribution in [0.5, 0.6) is 0 Å². The lowest BCUT2D eigenvalue weighted by molar-refractivity contribution is -0.139. The third-order valence-corrected chi connectivity index (χ3v) is 4.81. The van der Waals surface area contributed by atoms with Crippen LogP contribution in [0, 0.1) is 11.8 Å². The first kappa shape index (κ1) is 24.2. The van der Waals surface area contributed by atoms with Gasteiger partial charge in [-0.15, -0.1) is 0 Å². The third-order valence-electron chi connectivity index (χ3n) is 4.81. The predicted octanol–water partition coefficient (Wildman–Crippen LogP) is 3.34. The van der Waals surface area contributed by atoms with Crippen molar-refractivity contribution in [2.45, 2.75) is 77.0 Å². The second-order valence-electron chi connectivity index (χ2n) is 7.21. The molecule has 5 heteroatoms. The number of amides is 1. The van der Waals surface area contributed by atoms with Gasteiger partial charge in [-0.3, -0.25) is 4.79 Å². The summed E-state index contributed by atoms with van der Waals surface area (Å²) in [4.78, 5) is 13.6. The van der Waals surface area contributed by atoms with Crippen molar-refractivity contribution < 1.29 is 15.0 Å². The van der Waals surface area contributed by atoms with Gasteiger partial charge in [-0.05, 0) is 43.5 Å². The lowest BCUT2D eigenvalue weighted by atomic mass is 10.0. The highest BCUT2D eigenvalue weighted by Crippen LogP contribution is 2.17. The Morgan fingerprint density at radius 2 is 1.93 bits per heavy atom. The molecule has 2 unspecified atom stereocenters. The number of unbranched alkanes of at least 4 members (excludes halogenated alkanes) is 4. The predicted molar refractivity (Wildman–Crippen MR) is 113 cm³/mol. The Balaban J connectivity index is 2.40. The van der Waals surface area contributed by atoms with Gasteiger partial charge in [0.2, 0.25) is 5.91 Å². The summed E-state index contributed by atoms with van der Waals surface area (Å²) in [5.41, 5.74) is 7.09. The van der Waals surface area contributed by atoms with E-state index < -0.39 is 12.3 Å². The zero-order valence-electron chi connectivity index (χ0n) is 17.4. The third kappa shape index (κ3) is 9.36. The first-order valence-electron chi connectivity index (χ1n) is 10.4. The van der Waals surface area contributed by atoms with E-state index in [1.165, 1.54) is 24.2 Å². The quantitative estimate of drug-likeness (QED) is 0.291. The van der Waals surface area contributed by atoms with Gasteiger partial charge in [-0.25, -0.2) is 0 Å². The van der Waals surface area contributed by atoms with Gasteiger partial charge in [0.25, 0.3) is 0 Å². The minimum absolute atomic E-state index is 0.0949. The van der Waals surface area contributed by atoms with Crippen LogP contribution in [0.3, 0.4) is 0 Å². The van der Waals surface area contributed by atoms with E-state index in [0.29, 0.717) is 25.8 Å². The molecule has 0 spiro atoms. The van der Waals surface area contributed by atoms with Gasteiger partial charge in [0, 0.05) is 25.5 Å². The maximum Gasteiger partial charge on any atom is 0.225 e. The standard InChI is InChI=1S/C23H36N2O3/c1-3-4-5-6-7-14-22(27)25(2)23(28)15-9-8-11-19-12-10-13-20(18-19)21(26)16-17-24/h10,12-13,18,21-22,26-27H,3-7,9,14-17,24H2,1-2H3. The van der Waals surface area contributed by atoms with E-state index in [1.807, 2.05) is 24.3 Å². The number of carbonyl (C=O) groups excluding carboxylic acids is 1. The van der Waals surface area contributed by atoms with Crippen LogP contribution in [0.25, 0.3) is 0 Å². The number of nitrogens with two attached hydrogens (primary N) is 1. The molecule has 4 N–H and O–H groups in total. The molecule has 28 heavy (non-hydrogen) atoms. The van der Waals surface area contributed by atoms with Gasteiger partial charge >= 0.3 is 0 Å². The number of nitrogens with zero attached hydrogens (tertiary/aromatic N) is 1. The Hall–Kier alpha value is -1.87. The van der Waals surface area contributed by atoms with Crippen molar-refractivity contribution in [3.05, 3.63) is 35.4 Å². The van der Waals surface area contributed by atoms with Crippen molar-refractivity contribution in [3.8, 4) is 11.8 Å². The number of aliphatic hydroxyl groups excluding tert-OH is 2. The molecule has 0 aromatic heterocycles. The molecule has 1 aromatic rings. The highest BCUT2D eigenvalue weighted by Gasteiger charge is 2.16. The van der Waals surface area contributed by atoms with E-state index in [2.05, 4.69) is 18.8 Å². The second kappa shape index (κ2) is 14.2. The fourth-order valence-corrected chi connectivity index (χ4v) is 2.95. The van der Waals surface area contributed by atoms with Gasteiger partial charge in [-0.2, -0.15) is 0 Å². The zero-order chi connectivity index (χ0) is 20.8. The highest BCUT2D eigenvalue weighted by molar-refractivity contribution is 5.76. The van der Waals surface area contributed by atoms with Gasteiger partial charge in [-0.1, -0.05) is 56.6 Å². The Bertz CT molecular complexity index is 636. The number of hydrogen-bond donors (Lipinski definition) is 3. The fraction of sp³-hybridized carbons (Fsp3) is 0.609. The monoisotopic (exact) mass is 388 g/mol. The molecule has 0 heterocycles. The molecule has 0 fully saturated rings. The topological polar surface area (TPSA) is 86.8 Å². The number of hydrogen-bond acceptors (Lipinski definition) is 4. The van der Waals surface area contributed by atoms with Crippen LogP contribution in [0.15, 0.2) is 24.3 Å². The Kier molecular flexibility index (Phi) is 12.2. The first-order chi connectivity index (χ1) is 13.5. The summed E-state index contributed by atoms with van der Waals surface area (Å²) in [6.45, 7) is 2.60. The summed E-state index contributed by atoms with van der Waals surface area (Å²) in [5, 5.41) is 20.1. The van der Waals surface area contributed by atoms with E-state index >= 15 is 0 Å². The van der Waals surface area contributed by atoms with E-state index in [-0.39, 0.29) is 12.3 Å². The van der Waals surface area contributed by atoms with Crippen LogP contribution in [0.1, 0.15) is 81.9 Å². The van der Waals surface area contributed by atoms with Crippen LogP contribution in [0.4, 0.5) is 0 Å². The Morgan fingerprint density at radius 1 is 1.18 bits per heavy atom. The summed E-state index contributed by atoms with van der Waals surface area (Å²) < 4.78 is 0. The maximum atomic E-state index is 12.2. The number of carbonyl (C=O) groups is 1. The minimum atomic E-state index is -0.720. The summed E-state index contributed by atoms with van der Waals surface area (Å²) in [7, 11) is 1.65. The molecule has 1 amide bonds. The van der Waals surface area contributed by atoms with Crippen LogP contribution < -0.4 is 5.73 Å². The molecule has 156 valence electrons. The zero-order valence-corrected chi connectivity index (χ0v) is 17.4. The fourth-order valence-electron chi connectivity index (χ4n) is 2.95. The van der Waals surface area contributed by atoms with E-state index in [1.54, 1.807) is 7.05 Å². The minimum Gasteiger partial charge on any atom is -0.388 e. The maximum absolute atomic E-state index is 12.2. The molecule has 5 nitrogen and oxygen atoms in total. The largest absolute Gasteiger partial charge is 0.388 e. The molecule has 1 aromatic carbocycles. The number of rotatable bonds is 12. The summed E-state index contributed by atoms with van der Waals surface area (Å²) in [6.07, 6.45) is 6.18. The van der Waals surface area contributed by atoms with Gasteiger partial charge < -0.3 is 20.8 Å². The van der Waals surface area contributed by atoms with Crippen LogP contribution >= 0.6 is 0 Å². The van der Waals surface area contributed by atoms with Crippen molar-refractivity contribution in [2.24, 2.45) is 5.73 Å². The van der Waals surface area contributed by atoms with E-state index in [0.717, 1.165) is 24.0 Å². The number of benzene rings is 1. The SMILES string of the molecule is CCCCCCCC(O)N(C)C(=O)CCC#Cc1cccc(C(O)CCN)c1. The summed E-state index contributed by atoms with van der Waals surface area (Å²) >= 11 is 0. The molecule has 0 aliphatic heterocycles. The molecule has 0 aliphatic carbocycles. The molecular weight excluding hydrogens is 352 g/mol. The normalized spacial score (nSPS) is 12.8. The molecule has 2 atom stereocenters. The molecule has 0 radical (unpaired) electrons. The average molecular weight is 389 g/mol. The number of aliphatic hydroxyl groups is 2. The Morgan fingerprint density at radius 3 is 2.64 bits per heavy atom. The first-order valence-corrected chi connectivity index (χ1v) is 10.4. The van der Waals surface area contributed by atoms with Crippen LogP contribution in [0.2, 0.25) is 0 Å². The van der Waals surface area contributed by atoms with Gasteiger partial charge in [0.1, 0.15) is 6.23 Å². The molecule has 1 rings (SSSR count). The lowest BCUT2D eigenvalue weighted by Crippen LogP contribution is -2.36. The lowest BCUT2D eigenvalue weighted by Gasteiger charge is -2.23. The molecular formula is C23H36N2O3. The van der Waals surface area contributed by atoms with E-state index in [4.69, 9.17) is 5.73 Å². The van der Waals surface area contributed by atoms with Gasteiger partial charge in [0.15, 0.2) is 0 Å². The van der Waals surface area contributed by atoms with Crippen molar-refractivity contribution in [2.75, 3.05) is 13.6 Å². The highest BCUT2D eigenvalue weighted by atomic mass is 16.3. The van der Waals surface area contributed by atoms with Crippen molar-refractivity contribution in [1.82, 2.24) is 4.90 Å². The molecule has 0 aliphatic rings. The average Bonchev–Trinajstić information content (AvgIpc) is 2.70. The molecule has 0 saturated heterocycles. The molecule has 0 saturated carbocycles. The van der Waals surface area contributed by atoms with Crippen molar-refractivity contribution in [1.29, 1.82) is 0 Å². The van der Waals surface area contributed by atoms with Crippen molar-refractivity contribution >= 4 is 5.91 Å². The van der Waals surface area contributed by atoms with Crippen LogP contribution in [-0.4, -0.2) is 40.8 Å².